The van der Waals surface area contributed by atoms with Crippen LogP contribution in [0.25, 0.3) is 111 Å². The molecule has 0 saturated heterocycles. The largest absolute Gasteiger partial charge is 0.278 e. The van der Waals surface area contributed by atoms with E-state index in [1.165, 1.54) is 10.8 Å². The van der Waals surface area contributed by atoms with Crippen molar-refractivity contribution in [2.75, 3.05) is 0 Å². The summed E-state index contributed by atoms with van der Waals surface area (Å²) >= 11 is 0. The summed E-state index contributed by atoms with van der Waals surface area (Å²) < 4.78 is 4.39. The minimum absolute atomic E-state index is 0.559. The van der Waals surface area contributed by atoms with Crippen LogP contribution in [-0.2, 0) is 0 Å². The third kappa shape index (κ3) is 4.42. The first-order valence-electron chi connectivity index (χ1n) is 18.7. The average Bonchev–Trinajstić information content (AvgIpc) is 3.80. The summed E-state index contributed by atoms with van der Waals surface area (Å²) in [6, 6.07) is 58.7. The zero-order valence-electron chi connectivity index (χ0n) is 29.9. The zero-order valence-corrected chi connectivity index (χ0v) is 29.9. The number of nitrogens with zero attached hydrogens (tertiary/aromatic N) is 7. The molecule has 0 saturated carbocycles. The molecule has 0 radical (unpaired) electrons. The predicted molar refractivity (Wildman–Crippen MR) is 227 cm³/mol. The molecule has 0 amide bonds. The summed E-state index contributed by atoms with van der Waals surface area (Å²) in [4.78, 5) is 25.8. The second-order valence-corrected chi connectivity index (χ2v) is 14.1. The molecule has 0 N–H and O–H groups in total. The van der Waals surface area contributed by atoms with Gasteiger partial charge in [-0.3, -0.25) is 9.13 Å². The number of para-hydroxylation sites is 2. The Hall–Kier alpha value is -7.77. The second-order valence-electron chi connectivity index (χ2n) is 14.1. The van der Waals surface area contributed by atoms with Gasteiger partial charge in [0.1, 0.15) is 0 Å². The second kappa shape index (κ2) is 11.9. The van der Waals surface area contributed by atoms with Gasteiger partial charge in [0.25, 0.3) is 0 Å². The Bertz CT molecular complexity index is 3440. The number of aromatic nitrogens is 7. The maximum Gasteiger partial charge on any atom is 0.238 e. The lowest BCUT2D eigenvalue weighted by atomic mass is 9.98. The van der Waals surface area contributed by atoms with Crippen LogP contribution in [0.5, 0.6) is 0 Å². The molecule has 12 rings (SSSR count). The fourth-order valence-electron chi connectivity index (χ4n) is 8.61. The van der Waals surface area contributed by atoms with Crippen LogP contribution in [0, 0.1) is 0 Å². The van der Waals surface area contributed by atoms with Crippen LogP contribution >= 0.6 is 0 Å². The van der Waals surface area contributed by atoms with Gasteiger partial charge in [-0.2, -0.15) is 9.97 Å². The first kappa shape index (κ1) is 30.7. The minimum Gasteiger partial charge on any atom is -0.278 e. The molecule has 0 aliphatic carbocycles. The molecule has 56 heavy (non-hydrogen) atoms. The number of hydrogen-bond acceptors (Lipinski definition) is 5. The molecule has 0 fully saturated rings. The first-order chi connectivity index (χ1) is 27.8. The molecule has 260 valence electrons. The van der Waals surface area contributed by atoms with E-state index in [2.05, 4.69) is 118 Å². The van der Waals surface area contributed by atoms with Crippen molar-refractivity contribution in [1.82, 2.24) is 34.1 Å². The number of hydrogen-bond donors (Lipinski definition) is 0. The summed E-state index contributed by atoms with van der Waals surface area (Å²) in [5, 5.41) is 10.1. The molecule has 0 unspecified atom stereocenters. The Morgan fingerprint density at radius 3 is 1.29 bits per heavy atom. The minimum atomic E-state index is 0.559. The van der Waals surface area contributed by atoms with Gasteiger partial charge in [-0.15, -0.1) is 0 Å². The van der Waals surface area contributed by atoms with Gasteiger partial charge in [-0.1, -0.05) is 146 Å². The highest BCUT2D eigenvalue weighted by Crippen LogP contribution is 2.42. The smallest absolute Gasteiger partial charge is 0.238 e. The van der Waals surface area contributed by atoms with Crippen LogP contribution in [0.3, 0.4) is 0 Å². The van der Waals surface area contributed by atoms with Crippen molar-refractivity contribution in [3.05, 3.63) is 176 Å². The van der Waals surface area contributed by atoms with E-state index in [1.807, 2.05) is 66.9 Å². The molecule has 0 atom stereocenters. The van der Waals surface area contributed by atoms with E-state index in [-0.39, 0.29) is 0 Å². The standard InChI is InChI=1S/C49H29N7/c1-3-15-30(16-4-1)46-52-47(31-17-5-2-6-18-31)54-49(53-46)56-40-26-14-12-24-37(40)44-42(56)28-27-41-43(44)36-23-11-13-25-39(36)55(41)48-50-29-38-34-21-8-7-19-32(34)33-20-9-10-22-35(33)45(38)51-48/h1-29H. The molecular formula is C49H29N7. The molecule has 0 aliphatic rings. The predicted octanol–water partition coefficient (Wildman–Crippen LogP) is 11.6. The van der Waals surface area contributed by atoms with Crippen LogP contribution in [0.2, 0.25) is 0 Å². The Morgan fingerprint density at radius 2 is 0.732 bits per heavy atom. The molecule has 0 aliphatic heterocycles. The third-order valence-corrected chi connectivity index (χ3v) is 11.0. The van der Waals surface area contributed by atoms with E-state index in [4.69, 9.17) is 24.9 Å². The molecule has 4 heterocycles. The van der Waals surface area contributed by atoms with Crippen LogP contribution in [-0.4, -0.2) is 34.1 Å². The Morgan fingerprint density at radius 1 is 0.304 bits per heavy atom. The van der Waals surface area contributed by atoms with Gasteiger partial charge < -0.3 is 0 Å². The Kier molecular flexibility index (Phi) is 6.50. The number of benzene rings is 8. The Balaban J connectivity index is 1.16. The van der Waals surface area contributed by atoms with Crippen LogP contribution < -0.4 is 0 Å². The highest BCUT2D eigenvalue weighted by molar-refractivity contribution is 6.29. The van der Waals surface area contributed by atoms with Crippen molar-refractivity contribution < 1.29 is 0 Å². The van der Waals surface area contributed by atoms with Gasteiger partial charge in [0.2, 0.25) is 11.9 Å². The summed E-state index contributed by atoms with van der Waals surface area (Å²) in [5.74, 6) is 2.42. The topological polar surface area (TPSA) is 74.3 Å². The van der Waals surface area contributed by atoms with Gasteiger partial charge in [-0.05, 0) is 40.4 Å². The van der Waals surface area contributed by atoms with Crippen molar-refractivity contribution in [1.29, 1.82) is 0 Å². The lowest BCUT2D eigenvalue weighted by Crippen LogP contribution is -2.06. The van der Waals surface area contributed by atoms with Gasteiger partial charge in [0.15, 0.2) is 11.6 Å². The lowest BCUT2D eigenvalue weighted by molar-refractivity contribution is 0.953. The summed E-state index contributed by atoms with van der Waals surface area (Å²) in [6.07, 6.45) is 1.99. The highest BCUT2D eigenvalue weighted by atomic mass is 15.2. The molecule has 8 aromatic carbocycles. The SMILES string of the molecule is c1ccc(-c2nc(-c3ccccc3)nc(-n3c4ccccc4c4c5c6ccccc6n(-c6ncc7c8ccccc8c8ccccc8c7n6)c5ccc43)n2)cc1. The molecule has 4 aromatic heterocycles. The van der Waals surface area contributed by atoms with Gasteiger partial charge in [0, 0.05) is 49.6 Å². The maximum atomic E-state index is 5.39. The Labute approximate surface area is 319 Å². The van der Waals surface area contributed by atoms with Crippen LogP contribution in [0.15, 0.2) is 176 Å². The lowest BCUT2D eigenvalue weighted by Gasteiger charge is -2.12. The normalized spacial score (nSPS) is 11.9. The third-order valence-electron chi connectivity index (χ3n) is 11.0. The van der Waals surface area contributed by atoms with E-state index < -0.39 is 0 Å². The quantitative estimate of drug-likeness (QED) is 0.170. The molecule has 0 spiro atoms. The van der Waals surface area contributed by atoms with E-state index in [1.54, 1.807) is 0 Å². The van der Waals surface area contributed by atoms with Crippen molar-refractivity contribution in [2.45, 2.75) is 0 Å². The highest BCUT2D eigenvalue weighted by Gasteiger charge is 2.23. The molecule has 7 nitrogen and oxygen atoms in total. The zero-order chi connectivity index (χ0) is 36.7. The van der Waals surface area contributed by atoms with Gasteiger partial charge in [-0.25, -0.2) is 15.0 Å². The molecule has 0 bridgehead atoms. The summed E-state index contributed by atoms with van der Waals surface area (Å²) in [6.45, 7) is 0. The van der Waals surface area contributed by atoms with E-state index in [9.17, 15) is 0 Å². The summed E-state index contributed by atoms with van der Waals surface area (Å²) in [5.41, 5.74) is 6.86. The van der Waals surface area contributed by atoms with Crippen molar-refractivity contribution in [3.8, 4) is 34.7 Å². The van der Waals surface area contributed by atoms with Gasteiger partial charge in [0.05, 0.1) is 27.6 Å². The number of fused-ring (bicyclic) bond motifs is 13. The van der Waals surface area contributed by atoms with E-state index in [0.29, 0.717) is 23.5 Å². The monoisotopic (exact) mass is 715 g/mol. The van der Waals surface area contributed by atoms with Crippen LogP contribution in [0.4, 0.5) is 0 Å². The average molecular weight is 716 g/mol. The van der Waals surface area contributed by atoms with Crippen molar-refractivity contribution in [2.24, 2.45) is 0 Å². The van der Waals surface area contributed by atoms with Crippen LogP contribution in [0.1, 0.15) is 0 Å². The van der Waals surface area contributed by atoms with E-state index >= 15 is 0 Å². The van der Waals surface area contributed by atoms with Gasteiger partial charge >= 0.3 is 0 Å². The number of rotatable bonds is 4. The van der Waals surface area contributed by atoms with Crippen molar-refractivity contribution >= 4 is 76.1 Å². The summed E-state index contributed by atoms with van der Waals surface area (Å²) in [7, 11) is 0. The molecule has 12 aromatic rings. The first-order valence-corrected chi connectivity index (χ1v) is 18.7. The molecular weight excluding hydrogens is 687 g/mol. The maximum absolute atomic E-state index is 5.39. The molecule has 7 heteroatoms. The fourth-order valence-corrected chi connectivity index (χ4v) is 8.61. The van der Waals surface area contributed by atoms with Crippen molar-refractivity contribution in [3.63, 3.8) is 0 Å². The fraction of sp³-hybridized carbons (Fsp3) is 0. The van der Waals surface area contributed by atoms with E-state index in [0.717, 1.165) is 76.4 Å².